The zero-order valence-corrected chi connectivity index (χ0v) is 17.7. The molecule has 0 amide bonds. The summed E-state index contributed by atoms with van der Waals surface area (Å²) in [6, 6.07) is 23.6. The van der Waals surface area contributed by atoms with Crippen LogP contribution in [0.1, 0.15) is 27.0 Å². The average Bonchev–Trinajstić information content (AvgIpc) is 2.78. The number of hydrogen-bond acceptors (Lipinski definition) is 5. The van der Waals surface area contributed by atoms with Gasteiger partial charge in [-0.2, -0.15) is 0 Å². The zero-order valence-electron chi connectivity index (χ0n) is 17.7. The summed E-state index contributed by atoms with van der Waals surface area (Å²) in [5.74, 6) is 2.75. The summed E-state index contributed by atoms with van der Waals surface area (Å²) in [5, 5.41) is 19.0. The van der Waals surface area contributed by atoms with Crippen molar-refractivity contribution >= 4 is 5.78 Å². The van der Waals surface area contributed by atoms with Gasteiger partial charge in [-0.05, 0) is 110 Å². The van der Waals surface area contributed by atoms with Crippen molar-refractivity contribution in [3.05, 3.63) is 107 Å². The van der Waals surface area contributed by atoms with Crippen LogP contribution in [0.4, 0.5) is 0 Å². The van der Waals surface area contributed by atoms with Crippen LogP contribution >= 0.6 is 0 Å². The van der Waals surface area contributed by atoms with Crippen molar-refractivity contribution in [3.8, 4) is 34.5 Å². The van der Waals surface area contributed by atoms with Crippen molar-refractivity contribution < 1.29 is 24.5 Å². The molecule has 0 spiro atoms. The quantitative estimate of drug-likeness (QED) is 0.343. The van der Waals surface area contributed by atoms with Crippen LogP contribution in [0.5, 0.6) is 34.5 Å². The summed E-state index contributed by atoms with van der Waals surface area (Å²) in [5.41, 5.74) is 2.72. The van der Waals surface area contributed by atoms with Gasteiger partial charge in [-0.15, -0.1) is 0 Å². The number of rotatable bonds is 6. The van der Waals surface area contributed by atoms with Gasteiger partial charge >= 0.3 is 0 Å². The smallest absolute Gasteiger partial charge is 0.193 e. The lowest BCUT2D eigenvalue weighted by Crippen LogP contribution is -2.01. The van der Waals surface area contributed by atoms with Crippen LogP contribution in [0.3, 0.4) is 0 Å². The molecule has 2 N–H and O–H groups in total. The molecule has 0 heterocycles. The maximum Gasteiger partial charge on any atom is 0.193 e. The predicted octanol–water partition coefficient (Wildman–Crippen LogP) is 6.53. The number of ether oxygens (including phenoxy) is 2. The Balaban J connectivity index is 1.44. The molecule has 160 valence electrons. The van der Waals surface area contributed by atoms with Crippen molar-refractivity contribution in [1.82, 2.24) is 0 Å². The average molecular weight is 426 g/mol. The number of ketones is 1. The number of phenolic OH excluding ortho intramolecular Hbond substituents is 2. The first kappa shape index (κ1) is 21.0. The molecule has 32 heavy (non-hydrogen) atoms. The molecule has 0 aliphatic heterocycles. The SMILES string of the molecule is Cc1cc(O)ccc1Oc1ccc(C(=O)c2ccc(Oc3ccc(O)cc3C)cc2)cc1. The molecule has 0 unspecified atom stereocenters. The summed E-state index contributed by atoms with van der Waals surface area (Å²) < 4.78 is 11.7. The Morgan fingerprint density at radius 3 is 1.31 bits per heavy atom. The van der Waals surface area contributed by atoms with Crippen LogP contribution in [-0.2, 0) is 0 Å². The number of aromatic hydroxyl groups is 2. The minimum absolute atomic E-state index is 0.107. The summed E-state index contributed by atoms with van der Waals surface area (Å²) >= 11 is 0. The summed E-state index contributed by atoms with van der Waals surface area (Å²) in [6.07, 6.45) is 0. The fourth-order valence-electron chi connectivity index (χ4n) is 3.27. The molecule has 5 heteroatoms. The fraction of sp³-hybridized carbons (Fsp3) is 0.0741. The Morgan fingerprint density at radius 2 is 0.969 bits per heavy atom. The summed E-state index contributed by atoms with van der Waals surface area (Å²) in [4.78, 5) is 12.8. The van der Waals surface area contributed by atoms with Crippen molar-refractivity contribution in [2.75, 3.05) is 0 Å². The molecule has 0 radical (unpaired) electrons. The molecule has 0 aromatic heterocycles. The molecule has 4 aromatic rings. The van der Waals surface area contributed by atoms with Gasteiger partial charge < -0.3 is 19.7 Å². The minimum atomic E-state index is -0.107. The van der Waals surface area contributed by atoms with E-state index in [0.29, 0.717) is 34.1 Å². The molecular formula is C27H22O5. The number of carbonyl (C=O) groups is 1. The topological polar surface area (TPSA) is 76.0 Å². The Kier molecular flexibility index (Phi) is 5.81. The maximum atomic E-state index is 12.8. The monoisotopic (exact) mass is 426 g/mol. The largest absolute Gasteiger partial charge is 0.508 e. The van der Waals surface area contributed by atoms with Crippen LogP contribution < -0.4 is 9.47 Å². The summed E-state index contributed by atoms with van der Waals surface area (Å²) in [7, 11) is 0. The number of carbonyl (C=O) groups excluding carboxylic acids is 1. The van der Waals surface area contributed by atoms with Crippen molar-refractivity contribution in [1.29, 1.82) is 0 Å². The van der Waals surface area contributed by atoms with Gasteiger partial charge in [-0.1, -0.05) is 0 Å². The van der Waals surface area contributed by atoms with E-state index in [1.165, 1.54) is 0 Å². The first-order chi connectivity index (χ1) is 15.4. The second kappa shape index (κ2) is 8.86. The highest BCUT2D eigenvalue weighted by atomic mass is 16.5. The van der Waals surface area contributed by atoms with Crippen LogP contribution in [0.25, 0.3) is 0 Å². The number of hydrogen-bond donors (Lipinski definition) is 2. The molecule has 0 saturated carbocycles. The molecule has 4 rings (SSSR count). The molecule has 0 bridgehead atoms. The standard InChI is InChI=1S/C27H22O5/c1-17-15-21(28)7-13-25(17)31-23-9-3-19(4-10-23)27(30)20-5-11-24(12-6-20)32-26-14-8-22(29)16-18(26)2/h3-16,28-29H,1-2H3. The molecule has 0 fully saturated rings. The zero-order chi connectivity index (χ0) is 22.7. The Hall–Kier alpha value is -4.25. The van der Waals surface area contributed by atoms with Crippen LogP contribution in [0.2, 0.25) is 0 Å². The second-order valence-corrected chi connectivity index (χ2v) is 7.48. The van der Waals surface area contributed by atoms with Gasteiger partial charge in [0.05, 0.1) is 0 Å². The normalized spacial score (nSPS) is 10.6. The van der Waals surface area contributed by atoms with Crippen molar-refractivity contribution in [2.24, 2.45) is 0 Å². The van der Waals surface area contributed by atoms with E-state index in [9.17, 15) is 15.0 Å². The van der Waals surface area contributed by atoms with Gasteiger partial charge in [0.2, 0.25) is 0 Å². The Morgan fingerprint density at radius 1 is 0.594 bits per heavy atom. The van der Waals surface area contributed by atoms with Crippen molar-refractivity contribution in [3.63, 3.8) is 0 Å². The van der Waals surface area contributed by atoms with E-state index in [1.54, 1.807) is 84.9 Å². The molecule has 5 nitrogen and oxygen atoms in total. The van der Waals surface area contributed by atoms with Crippen LogP contribution in [-0.4, -0.2) is 16.0 Å². The van der Waals surface area contributed by atoms with E-state index in [0.717, 1.165) is 11.1 Å². The Bertz CT molecular complexity index is 1160. The maximum absolute atomic E-state index is 12.8. The highest BCUT2D eigenvalue weighted by Crippen LogP contribution is 2.29. The van der Waals surface area contributed by atoms with Gasteiger partial charge in [0, 0.05) is 11.1 Å². The van der Waals surface area contributed by atoms with E-state index in [-0.39, 0.29) is 17.3 Å². The van der Waals surface area contributed by atoms with Gasteiger partial charge in [0.15, 0.2) is 5.78 Å². The molecule has 0 atom stereocenters. The van der Waals surface area contributed by atoms with E-state index in [2.05, 4.69) is 0 Å². The molecule has 0 saturated heterocycles. The lowest BCUT2D eigenvalue weighted by atomic mass is 10.0. The lowest BCUT2D eigenvalue weighted by molar-refractivity contribution is 0.103. The van der Waals surface area contributed by atoms with Gasteiger partial charge in [-0.3, -0.25) is 4.79 Å². The molecular weight excluding hydrogens is 404 g/mol. The van der Waals surface area contributed by atoms with Gasteiger partial charge in [0.25, 0.3) is 0 Å². The third-order valence-corrected chi connectivity index (χ3v) is 5.01. The van der Waals surface area contributed by atoms with E-state index in [1.807, 2.05) is 13.8 Å². The van der Waals surface area contributed by atoms with Crippen LogP contribution in [0.15, 0.2) is 84.9 Å². The summed E-state index contributed by atoms with van der Waals surface area (Å²) in [6.45, 7) is 3.70. The van der Waals surface area contributed by atoms with Crippen molar-refractivity contribution in [2.45, 2.75) is 13.8 Å². The first-order valence-corrected chi connectivity index (χ1v) is 10.1. The fourth-order valence-corrected chi connectivity index (χ4v) is 3.27. The van der Waals surface area contributed by atoms with E-state index in [4.69, 9.17) is 9.47 Å². The predicted molar refractivity (Wildman–Crippen MR) is 122 cm³/mol. The van der Waals surface area contributed by atoms with Gasteiger partial charge in [0.1, 0.15) is 34.5 Å². The lowest BCUT2D eigenvalue weighted by Gasteiger charge is -2.10. The number of aryl methyl sites for hydroxylation is 2. The third kappa shape index (κ3) is 4.73. The van der Waals surface area contributed by atoms with E-state index >= 15 is 0 Å². The van der Waals surface area contributed by atoms with Crippen LogP contribution in [0, 0.1) is 13.8 Å². The first-order valence-electron chi connectivity index (χ1n) is 10.1. The minimum Gasteiger partial charge on any atom is -0.508 e. The highest BCUT2D eigenvalue weighted by Gasteiger charge is 2.11. The molecule has 0 aliphatic carbocycles. The molecule has 0 aliphatic rings. The Labute approximate surface area is 186 Å². The van der Waals surface area contributed by atoms with Gasteiger partial charge in [-0.25, -0.2) is 0 Å². The number of phenols is 2. The van der Waals surface area contributed by atoms with E-state index < -0.39 is 0 Å². The number of benzene rings is 4. The molecule has 4 aromatic carbocycles. The second-order valence-electron chi connectivity index (χ2n) is 7.48. The third-order valence-electron chi connectivity index (χ3n) is 5.01. The highest BCUT2D eigenvalue weighted by molar-refractivity contribution is 6.09.